The highest BCUT2D eigenvalue weighted by atomic mass is 16.5. The number of carbonyl (C=O) groups excluding carboxylic acids is 2. The topological polar surface area (TPSA) is 52.6 Å². The molecular weight excluding hydrogens is 256 g/mol. The monoisotopic (exact) mass is 278 g/mol. The Balaban J connectivity index is 3.12. The maximum atomic E-state index is 12.1. The summed E-state index contributed by atoms with van der Waals surface area (Å²) in [4.78, 5) is 24.1. The van der Waals surface area contributed by atoms with Gasteiger partial charge in [-0.3, -0.25) is 0 Å². The largest absolute Gasteiger partial charge is 0.462 e. The average molecular weight is 278 g/mol. The molecule has 0 heterocycles. The Morgan fingerprint density at radius 2 is 1.45 bits per heavy atom. The fourth-order valence-electron chi connectivity index (χ4n) is 1.68. The number of benzene rings is 1. The van der Waals surface area contributed by atoms with Crippen molar-refractivity contribution in [3.8, 4) is 0 Å². The Morgan fingerprint density at radius 1 is 1.00 bits per heavy atom. The molecule has 0 radical (unpaired) electrons. The molecule has 0 aromatic heterocycles. The third-order valence-electron chi connectivity index (χ3n) is 2.90. The first-order valence-corrected chi connectivity index (χ1v) is 6.82. The Labute approximate surface area is 120 Å². The van der Waals surface area contributed by atoms with Gasteiger partial charge in [0.1, 0.15) is 0 Å². The molecule has 0 N–H and O–H groups in total. The molecule has 110 valence electrons. The van der Waals surface area contributed by atoms with E-state index in [-0.39, 0.29) is 23.7 Å². The molecule has 1 aromatic rings. The minimum absolute atomic E-state index is 0.247. The zero-order chi connectivity index (χ0) is 15.3. The normalized spacial score (nSPS) is 10.5. The average Bonchev–Trinajstić information content (AvgIpc) is 2.38. The summed E-state index contributed by atoms with van der Waals surface area (Å²) in [6.45, 7) is 10.0. The van der Waals surface area contributed by atoms with Crippen LogP contribution >= 0.6 is 0 Å². The van der Waals surface area contributed by atoms with Crippen molar-refractivity contribution in [1.29, 1.82) is 0 Å². The lowest BCUT2D eigenvalue weighted by Crippen LogP contribution is -2.16. The molecule has 4 nitrogen and oxygen atoms in total. The SMILES string of the molecule is CCOC(=O)c1cc(C)c(C)cc1C(=O)OCC(C)C. The number of rotatable bonds is 5. The first kappa shape index (κ1) is 16.2. The lowest BCUT2D eigenvalue weighted by Gasteiger charge is -2.12. The molecule has 0 fully saturated rings. The minimum Gasteiger partial charge on any atom is -0.462 e. The van der Waals surface area contributed by atoms with Crippen molar-refractivity contribution in [1.82, 2.24) is 0 Å². The summed E-state index contributed by atoms with van der Waals surface area (Å²) in [5.41, 5.74) is 2.42. The van der Waals surface area contributed by atoms with Crippen LogP contribution in [0.3, 0.4) is 0 Å². The van der Waals surface area contributed by atoms with E-state index >= 15 is 0 Å². The van der Waals surface area contributed by atoms with Crippen molar-refractivity contribution < 1.29 is 19.1 Å². The van der Waals surface area contributed by atoms with E-state index in [9.17, 15) is 9.59 Å². The van der Waals surface area contributed by atoms with Crippen LogP contribution in [0.15, 0.2) is 12.1 Å². The minimum atomic E-state index is -0.493. The molecule has 20 heavy (non-hydrogen) atoms. The van der Waals surface area contributed by atoms with Gasteiger partial charge in [0.05, 0.1) is 24.3 Å². The van der Waals surface area contributed by atoms with Crippen molar-refractivity contribution in [2.45, 2.75) is 34.6 Å². The molecule has 0 aliphatic rings. The Morgan fingerprint density at radius 3 is 1.85 bits per heavy atom. The fourth-order valence-corrected chi connectivity index (χ4v) is 1.68. The second-order valence-electron chi connectivity index (χ2n) is 5.19. The molecule has 0 saturated carbocycles. The Bertz CT molecular complexity index is 503. The van der Waals surface area contributed by atoms with E-state index < -0.39 is 11.9 Å². The van der Waals surface area contributed by atoms with E-state index in [1.807, 2.05) is 27.7 Å². The molecule has 0 bridgehead atoms. The van der Waals surface area contributed by atoms with Crippen LogP contribution in [0.1, 0.15) is 52.6 Å². The summed E-state index contributed by atoms with van der Waals surface area (Å²) in [7, 11) is 0. The molecule has 0 saturated heterocycles. The third-order valence-corrected chi connectivity index (χ3v) is 2.90. The third kappa shape index (κ3) is 4.08. The van der Waals surface area contributed by atoms with Gasteiger partial charge < -0.3 is 9.47 Å². The predicted octanol–water partition coefficient (Wildman–Crippen LogP) is 3.29. The number of esters is 2. The number of hydrogen-bond acceptors (Lipinski definition) is 4. The van der Waals surface area contributed by atoms with E-state index in [2.05, 4.69) is 0 Å². The number of aryl methyl sites for hydroxylation is 2. The number of carbonyl (C=O) groups is 2. The van der Waals surface area contributed by atoms with Crippen LogP contribution in [-0.2, 0) is 9.47 Å². The summed E-state index contributed by atoms with van der Waals surface area (Å²) in [5, 5.41) is 0. The zero-order valence-corrected chi connectivity index (χ0v) is 12.8. The zero-order valence-electron chi connectivity index (χ0n) is 12.8. The first-order chi connectivity index (χ1) is 9.36. The van der Waals surface area contributed by atoms with Gasteiger partial charge >= 0.3 is 11.9 Å². The quantitative estimate of drug-likeness (QED) is 0.775. The van der Waals surface area contributed by atoms with Crippen LogP contribution in [0.25, 0.3) is 0 Å². The number of hydrogen-bond donors (Lipinski definition) is 0. The van der Waals surface area contributed by atoms with Crippen molar-refractivity contribution >= 4 is 11.9 Å². The van der Waals surface area contributed by atoms with Crippen molar-refractivity contribution in [2.24, 2.45) is 5.92 Å². The molecule has 0 spiro atoms. The van der Waals surface area contributed by atoms with Crippen molar-refractivity contribution in [3.63, 3.8) is 0 Å². The summed E-state index contributed by atoms with van der Waals surface area (Å²) >= 11 is 0. The van der Waals surface area contributed by atoms with Crippen LogP contribution in [0.5, 0.6) is 0 Å². The molecule has 0 atom stereocenters. The summed E-state index contributed by atoms with van der Waals surface area (Å²) in [6, 6.07) is 3.36. The van der Waals surface area contributed by atoms with Gasteiger partial charge in [0.15, 0.2) is 0 Å². The van der Waals surface area contributed by atoms with Crippen LogP contribution < -0.4 is 0 Å². The number of ether oxygens (including phenoxy) is 2. The summed E-state index contributed by atoms with van der Waals surface area (Å²) in [6.07, 6.45) is 0. The summed E-state index contributed by atoms with van der Waals surface area (Å²) < 4.78 is 10.2. The maximum Gasteiger partial charge on any atom is 0.339 e. The van der Waals surface area contributed by atoms with Gasteiger partial charge in [-0.25, -0.2) is 9.59 Å². The van der Waals surface area contributed by atoms with Gasteiger partial charge in [0.2, 0.25) is 0 Å². The van der Waals surface area contributed by atoms with Crippen LogP contribution in [0, 0.1) is 19.8 Å². The second-order valence-corrected chi connectivity index (χ2v) is 5.19. The van der Waals surface area contributed by atoms with Crippen molar-refractivity contribution in [3.05, 3.63) is 34.4 Å². The highest BCUT2D eigenvalue weighted by molar-refractivity contribution is 6.03. The standard InChI is InChI=1S/C16H22O4/c1-6-19-15(17)13-7-11(4)12(5)8-14(13)16(18)20-9-10(2)3/h7-8,10H,6,9H2,1-5H3. The lowest BCUT2D eigenvalue weighted by molar-refractivity contribution is 0.0434. The molecule has 4 heteroatoms. The molecule has 0 amide bonds. The molecule has 0 aliphatic heterocycles. The molecular formula is C16H22O4. The van der Waals surface area contributed by atoms with E-state index in [0.29, 0.717) is 6.61 Å². The van der Waals surface area contributed by atoms with E-state index in [0.717, 1.165) is 11.1 Å². The molecule has 1 rings (SSSR count). The molecule has 1 aromatic carbocycles. The van der Waals surface area contributed by atoms with Gasteiger partial charge in [-0.15, -0.1) is 0 Å². The van der Waals surface area contributed by atoms with E-state index in [4.69, 9.17) is 9.47 Å². The smallest absolute Gasteiger partial charge is 0.339 e. The van der Waals surface area contributed by atoms with E-state index in [1.54, 1.807) is 19.1 Å². The molecule has 0 unspecified atom stereocenters. The highest BCUT2D eigenvalue weighted by Crippen LogP contribution is 2.18. The van der Waals surface area contributed by atoms with Gasteiger partial charge in [-0.05, 0) is 49.9 Å². The fraction of sp³-hybridized carbons (Fsp3) is 0.500. The van der Waals surface area contributed by atoms with Gasteiger partial charge in [-0.2, -0.15) is 0 Å². The molecule has 0 aliphatic carbocycles. The van der Waals surface area contributed by atoms with Gasteiger partial charge in [0.25, 0.3) is 0 Å². The maximum absolute atomic E-state index is 12.1. The van der Waals surface area contributed by atoms with Crippen LogP contribution in [-0.4, -0.2) is 25.2 Å². The predicted molar refractivity (Wildman–Crippen MR) is 77.0 cm³/mol. The first-order valence-electron chi connectivity index (χ1n) is 6.82. The Hall–Kier alpha value is -1.84. The lowest BCUT2D eigenvalue weighted by atomic mass is 10.00. The highest BCUT2D eigenvalue weighted by Gasteiger charge is 2.20. The Kier molecular flexibility index (Phi) is 5.74. The van der Waals surface area contributed by atoms with Crippen molar-refractivity contribution in [2.75, 3.05) is 13.2 Å². The van der Waals surface area contributed by atoms with Crippen LogP contribution in [0.4, 0.5) is 0 Å². The van der Waals surface area contributed by atoms with Crippen LogP contribution in [0.2, 0.25) is 0 Å². The second kappa shape index (κ2) is 7.08. The van der Waals surface area contributed by atoms with E-state index in [1.165, 1.54) is 0 Å². The summed E-state index contributed by atoms with van der Waals surface area (Å²) in [5.74, 6) is -0.728. The van der Waals surface area contributed by atoms with Gasteiger partial charge in [-0.1, -0.05) is 13.8 Å². The van der Waals surface area contributed by atoms with Gasteiger partial charge in [0, 0.05) is 0 Å².